The Balaban J connectivity index is 1.64. The van der Waals surface area contributed by atoms with Crippen molar-refractivity contribution >= 4 is 23.2 Å². The van der Waals surface area contributed by atoms with Gasteiger partial charge in [0.25, 0.3) is 5.56 Å². The molecule has 4 rings (SSSR count). The van der Waals surface area contributed by atoms with E-state index >= 15 is 0 Å². The van der Waals surface area contributed by atoms with Gasteiger partial charge in [-0.2, -0.15) is 0 Å². The van der Waals surface area contributed by atoms with Crippen LogP contribution in [0.5, 0.6) is 0 Å². The van der Waals surface area contributed by atoms with Crippen LogP contribution in [0.4, 0.5) is 0 Å². The third-order valence-corrected chi connectivity index (χ3v) is 5.96. The van der Waals surface area contributed by atoms with Gasteiger partial charge in [0.05, 0.1) is 0 Å². The molecule has 0 amide bonds. The fourth-order valence-electron chi connectivity index (χ4n) is 3.88. The molecule has 0 aliphatic heterocycles. The molecular formula is C27H23Cl2NO. The molecule has 0 saturated heterocycles. The molecule has 4 heteroatoms. The Labute approximate surface area is 192 Å². The minimum absolute atomic E-state index is 0.0165. The molecule has 0 bridgehead atoms. The number of benzene rings is 3. The van der Waals surface area contributed by atoms with Crippen LogP contribution >= 0.6 is 23.2 Å². The second kappa shape index (κ2) is 10.00. The third-order valence-electron chi connectivity index (χ3n) is 5.45. The van der Waals surface area contributed by atoms with Crippen molar-refractivity contribution in [2.24, 2.45) is 0 Å². The summed E-state index contributed by atoms with van der Waals surface area (Å²) in [6, 6.07) is 29.7. The molecule has 0 saturated carbocycles. The first-order chi connectivity index (χ1) is 15.1. The van der Waals surface area contributed by atoms with Gasteiger partial charge in [-0.15, -0.1) is 0 Å². The van der Waals surface area contributed by atoms with Crippen molar-refractivity contribution in [2.75, 3.05) is 0 Å². The number of aryl methyl sites for hydroxylation is 2. The van der Waals surface area contributed by atoms with Crippen molar-refractivity contribution < 1.29 is 0 Å². The Morgan fingerprint density at radius 3 is 1.81 bits per heavy atom. The van der Waals surface area contributed by atoms with Crippen molar-refractivity contribution in [3.63, 3.8) is 0 Å². The van der Waals surface area contributed by atoms with Crippen molar-refractivity contribution in [3.05, 3.63) is 140 Å². The van der Waals surface area contributed by atoms with Crippen molar-refractivity contribution in [3.8, 4) is 0 Å². The average molecular weight is 448 g/mol. The third kappa shape index (κ3) is 5.46. The lowest BCUT2D eigenvalue weighted by atomic mass is 9.86. The molecule has 0 aliphatic carbocycles. The van der Waals surface area contributed by atoms with Crippen molar-refractivity contribution in [1.82, 2.24) is 4.57 Å². The van der Waals surface area contributed by atoms with Gasteiger partial charge in [-0.1, -0.05) is 83.9 Å². The molecule has 31 heavy (non-hydrogen) atoms. The van der Waals surface area contributed by atoms with Gasteiger partial charge in [0, 0.05) is 34.8 Å². The van der Waals surface area contributed by atoms with E-state index in [2.05, 4.69) is 12.1 Å². The molecule has 0 spiro atoms. The van der Waals surface area contributed by atoms with Crippen LogP contribution in [0.3, 0.4) is 0 Å². The van der Waals surface area contributed by atoms with E-state index in [1.54, 1.807) is 6.07 Å². The van der Waals surface area contributed by atoms with Crippen LogP contribution < -0.4 is 5.56 Å². The lowest BCUT2D eigenvalue weighted by molar-refractivity contribution is 0.617. The Bertz CT molecular complexity index is 1140. The highest BCUT2D eigenvalue weighted by Gasteiger charge is 2.18. The maximum atomic E-state index is 12.5. The molecule has 2 nitrogen and oxygen atoms in total. The fraction of sp³-hybridized carbons (Fsp3) is 0.148. The van der Waals surface area contributed by atoms with Gasteiger partial charge in [-0.25, -0.2) is 0 Å². The number of rotatable bonds is 7. The second-order valence-electron chi connectivity index (χ2n) is 7.62. The average Bonchev–Trinajstić information content (AvgIpc) is 2.79. The molecule has 1 aromatic heterocycles. The van der Waals surface area contributed by atoms with Gasteiger partial charge < -0.3 is 4.57 Å². The molecule has 3 aromatic carbocycles. The van der Waals surface area contributed by atoms with Gasteiger partial charge in [-0.05, 0) is 59.4 Å². The molecule has 0 atom stereocenters. The first kappa shape index (κ1) is 21.4. The van der Waals surface area contributed by atoms with Crippen LogP contribution in [0, 0.1) is 0 Å². The minimum Gasteiger partial charge on any atom is -0.315 e. The summed E-state index contributed by atoms with van der Waals surface area (Å²) in [6.07, 6.45) is 3.83. The monoisotopic (exact) mass is 447 g/mol. The van der Waals surface area contributed by atoms with E-state index in [-0.39, 0.29) is 11.5 Å². The van der Waals surface area contributed by atoms with Crippen LogP contribution in [0.25, 0.3) is 0 Å². The Hall–Kier alpha value is -2.81. The zero-order valence-corrected chi connectivity index (χ0v) is 18.6. The minimum atomic E-state index is -0.0180. The first-order valence-corrected chi connectivity index (χ1v) is 11.1. The van der Waals surface area contributed by atoms with E-state index in [9.17, 15) is 4.79 Å². The van der Waals surface area contributed by atoms with E-state index in [1.807, 2.05) is 83.6 Å². The Morgan fingerprint density at radius 2 is 1.23 bits per heavy atom. The van der Waals surface area contributed by atoms with E-state index in [0.29, 0.717) is 16.6 Å². The number of aromatic nitrogens is 1. The number of hydrogen-bond donors (Lipinski definition) is 0. The van der Waals surface area contributed by atoms with E-state index in [4.69, 9.17) is 23.2 Å². The maximum absolute atomic E-state index is 12.5. The fourth-order valence-corrected chi connectivity index (χ4v) is 4.13. The summed E-state index contributed by atoms with van der Waals surface area (Å²) in [5.41, 5.74) is 4.58. The Morgan fingerprint density at radius 1 is 0.677 bits per heavy atom. The number of pyridine rings is 1. The quantitative estimate of drug-likeness (QED) is 0.299. The lowest BCUT2D eigenvalue weighted by Gasteiger charge is -2.20. The Kier molecular flexibility index (Phi) is 6.91. The van der Waals surface area contributed by atoms with E-state index in [0.717, 1.165) is 29.5 Å². The molecule has 0 fully saturated rings. The van der Waals surface area contributed by atoms with Gasteiger partial charge in [0.15, 0.2) is 0 Å². The summed E-state index contributed by atoms with van der Waals surface area (Å²) in [4.78, 5) is 12.5. The topological polar surface area (TPSA) is 22.0 Å². The van der Waals surface area contributed by atoms with Crippen LogP contribution in [0.1, 0.15) is 34.6 Å². The molecular weight excluding hydrogens is 425 g/mol. The normalized spacial score (nSPS) is 11.1. The van der Waals surface area contributed by atoms with E-state index < -0.39 is 0 Å². The van der Waals surface area contributed by atoms with Crippen LogP contribution in [0.2, 0.25) is 10.0 Å². The van der Waals surface area contributed by atoms with Crippen LogP contribution in [0.15, 0.2) is 102 Å². The predicted octanol–water partition coefficient (Wildman–Crippen LogP) is 6.97. The number of hydrogen-bond acceptors (Lipinski definition) is 1. The van der Waals surface area contributed by atoms with Gasteiger partial charge in [0.1, 0.15) is 0 Å². The maximum Gasteiger partial charge on any atom is 0.250 e. The van der Waals surface area contributed by atoms with Gasteiger partial charge in [0.2, 0.25) is 0 Å². The summed E-state index contributed by atoms with van der Waals surface area (Å²) in [7, 11) is 0. The highest BCUT2D eigenvalue weighted by Crippen LogP contribution is 2.32. The molecule has 1 heterocycles. The summed E-state index contributed by atoms with van der Waals surface area (Å²) >= 11 is 12.2. The van der Waals surface area contributed by atoms with Crippen LogP contribution in [-0.2, 0) is 13.0 Å². The van der Waals surface area contributed by atoms with Crippen LogP contribution in [-0.4, -0.2) is 4.57 Å². The predicted molar refractivity (Wildman–Crippen MR) is 129 cm³/mol. The van der Waals surface area contributed by atoms with Crippen molar-refractivity contribution in [1.29, 1.82) is 0 Å². The highest BCUT2D eigenvalue weighted by molar-refractivity contribution is 6.30. The van der Waals surface area contributed by atoms with Gasteiger partial charge in [-0.3, -0.25) is 4.79 Å². The molecule has 4 aromatic rings. The van der Waals surface area contributed by atoms with Crippen molar-refractivity contribution in [2.45, 2.75) is 25.3 Å². The number of nitrogens with zero attached hydrogens (tertiary/aromatic N) is 1. The molecule has 0 unspecified atom stereocenters. The molecule has 0 radical (unpaired) electrons. The van der Waals surface area contributed by atoms with Gasteiger partial charge >= 0.3 is 0 Å². The molecule has 156 valence electrons. The van der Waals surface area contributed by atoms with E-state index in [1.165, 1.54) is 5.56 Å². The second-order valence-corrected chi connectivity index (χ2v) is 8.49. The number of halogens is 2. The summed E-state index contributed by atoms with van der Waals surface area (Å²) in [5.74, 6) is -0.0180. The molecule has 0 N–H and O–H groups in total. The summed E-state index contributed by atoms with van der Waals surface area (Å²) in [6.45, 7) is 0.676. The standard InChI is InChI=1S/C27H23Cl2NO/c28-24-13-8-21(9-14-24)27(22-10-15-25(29)16-11-22)23-12-17-26(31)30(19-23)18-4-7-20-5-2-1-3-6-20/h1-3,5-6,8-17,19,27H,4,7,18H2. The molecule has 0 aliphatic rings. The summed E-state index contributed by atoms with van der Waals surface area (Å²) in [5, 5.41) is 1.40. The zero-order chi connectivity index (χ0) is 21.6. The first-order valence-electron chi connectivity index (χ1n) is 10.4. The smallest absolute Gasteiger partial charge is 0.250 e. The summed E-state index contributed by atoms with van der Waals surface area (Å²) < 4.78 is 1.82. The SMILES string of the molecule is O=c1ccc(C(c2ccc(Cl)cc2)c2ccc(Cl)cc2)cn1CCCc1ccccc1. The lowest BCUT2D eigenvalue weighted by Crippen LogP contribution is -2.20. The highest BCUT2D eigenvalue weighted by atomic mass is 35.5. The zero-order valence-electron chi connectivity index (χ0n) is 17.0. The largest absolute Gasteiger partial charge is 0.315 e.